The summed E-state index contributed by atoms with van der Waals surface area (Å²) in [6.45, 7) is 5.82. The summed E-state index contributed by atoms with van der Waals surface area (Å²) in [5.74, 6) is 1.13. The van der Waals surface area contributed by atoms with Crippen molar-refractivity contribution in [1.29, 1.82) is 0 Å². The van der Waals surface area contributed by atoms with E-state index in [9.17, 15) is 0 Å². The molecule has 0 aliphatic rings. The summed E-state index contributed by atoms with van der Waals surface area (Å²) < 4.78 is 0. The summed E-state index contributed by atoms with van der Waals surface area (Å²) >= 11 is 3.20. The quantitative estimate of drug-likeness (QED) is 0.786. The molecule has 0 bridgehead atoms. The van der Waals surface area contributed by atoms with Gasteiger partial charge in [-0.2, -0.15) is 0 Å². The first kappa shape index (κ1) is 13.1. The molecule has 0 saturated heterocycles. The van der Waals surface area contributed by atoms with Gasteiger partial charge >= 0.3 is 0 Å². The number of anilines is 1. The number of nitrogens with zero attached hydrogens (tertiary/aromatic N) is 4. The van der Waals surface area contributed by atoms with Crippen molar-refractivity contribution < 1.29 is 0 Å². The smallest absolute Gasteiger partial charge is 0.137 e. The zero-order chi connectivity index (χ0) is 14.3. The highest BCUT2D eigenvalue weighted by molar-refractivity contribution is 7.16. The van der Waals surface area contributed by atoms with E-state index in [4.69, 9.17) is 5.73 Å². The molecule has 3 rings (SSSR count). The highest BCUT2D eigenvalue weighted by Gasteiger charge is 2.14. The van der Waals surface area contributed by atoms with E-state index in [2.05, 4.69) is 19.9 Å². The van der Waals surface area contributed by atoms with Gasteiger partial charge in [-0.05, 0) is 20.8 Å². The van der Waals surface area contributed by atoms with Gasteiger partial charge < -0.3 is 5.73 Å². The lowest BCUT2D eigenvalue weighted by Crippen LogP contribution is -1.98. The van der Waals surface area contributed by atoms with Gasteiger partial charge in [0.2, 0.25) is 0 Å². The molecule has 0 radical (unpaired) electrons. The van der Waals surface area contributed by atoms with Gasteiger partial charge in [-0.25, -0.2) is 19.9 Å². The van der Waals surface area contributed by atoms with Gasteiger partial charge in [0.1, 0.15) is 16.6 Å². The number of nitrogens with two attached hydrogens (primary N) is 1. The SMILES string of the molecule is Cc1ncc(-c2nc(-c3sc(C)nc3C)cs2)c(N)n1. The topological polar surface area (TPSA) is 77.6 Å². The third-order valence-electron chi connectivity index (χ3n) is 2.81. The van der Waals surface area contributed by atoms with E-state index in [0.717, 1.165) is 31.8 Å². The van der Waals surface area contributed by atoms with E-state index in [1.165, 1.54) is 0 Å². The predicted octanol–water partition coefficient (Wildman–Crippen LogP) is 3.23. The van der Waals surface area contributed by atoms with E-state index < -0.39 is 0 Å². The van der Waals surface area contributed by atoms with Gasteiger partial charge in [0.15, 0.2) is 0 Å². The summed E-state index contributed by atoms with van der Waals surface area (Å²) in [5, 5.41) is 3.90. The molecule has 0 fully saturated rings. The molecule has 7 heteroatoms. The average Bonchev–Trinajstić information content (AvgIpc) is 2.96. The average molecular weight is 303 g/mol. The van der Waals surface area contributed by atoms with Crippen LogP contribution in [-0.4, -0.2) is 19.9 Å². The summed E-state index contributed by atoms with van der Waals surface area (Å²) in [6.07, 6.45) is 1.73. The highest BCUT2D eigenvalue weighted by Crippen LogP contribution is 2.34. The molecule has 0 aliphatic heterocycles. The lowest BCUT2D eigenvalue weighted by Gasteiger charge is -2.00. The Morgan fingerprint density at radius 1 is 1.10 bits per heavy atom. The molecule has 0 amide bonds. The Labute approximate surface area is 124 Å². The molecule has 0 unspecified atom stereocenters. The second-order valence-electron chi connectivity index (χ2n) is 4.40. The van der Waals surface area contributed by atoms with Crippen LogP contribution in [0.5, 0.6) is 0 Å². The van der Waals surface area contributed by atoms with Crippen LogP contribution in [0.3, 0.4) is 0 Å². The van der Waals surface area contributed by atoms with Gasteiger partial charge in [-0.1, -0.05) is 0 Å². The highest BCUT2D eigenvalue weighted by atomic mass is 32.1. The molecule has 2 N–H and O–H groups in total. The van der Waals surface area contributed by atoms with Crippen LogP contribution in [0.2, 0.25) is 0 Å². The number of rotatable bonds is 2. The van der Waals surface area contributed by atoms with Crippen LogP contribution >= 0.6 is 22.7 Å². The number of aromatic nitrogens is 4. The maximum atomic E-state index is 5.94. The van der Waals surface area contributed by atoms with Crippen molar-refractivity contribution >= 4 is 28.5 Å². The van der Waals surface area contributed by atoms with Crippen LogP contribution in [0.1, 0.15) is 16.5 Å². The summed E-state index contributed by atoms with van der Waals surface area (Å²) in [7, 11) is 0. The van der Waals surface area contributed by atoms with Crippen LogP contribution in [-0.2, 0) is 0 Å². The molecule has 3 aromatic rings. The van der Waals surface area contributed by atoms with Crippen LogP contribution in [0.25, 0.3) is 21.1 Å². The Kier molecular flexibility index (Phi) is 3.23. The number of nitrogen functional groups attached to an aromatic ring is 1. The van der Waals surface area contributed by atoms with Gasteiger partial charge in [-0.3, -0.25) is 0 Å². The Hall–Kier alpha value is -1.86. The fraction of sp³-hybridized carbons (Fsp3) is 0.231. The maximum absolute atomic E-state index is 5.94. The Morgan fingerprint density at radius 2 is 1.90 bits per heavy atom. The summed E-state index contributed by atoms with van der Waals surface area (Å²) in [5.41, 5.74) is 8.67. The van der Waals surface area contributed by atoms with Crippen molar-refractivity contribution in [3.8, 4) is 21.1 Å². The van der Waals surface area contributed by atoms with Crippen molar-refractivity contribution in [2.75, 3.05) is 5.73 Å². The van der Waals surface area contributed by atoms with Crippen molar-refractivity contribution in [1.82, 2.24) is 19.9 Å². The Morgan fingerprint density at radius 3 is 2.55 bits per heavy atom. The molecule has 102 valence electrons. The first-order valence-electron chi connectivity index (χ1n) is 6.04. The van der Waals surface area contributed by atoms with E-state index in [1.807, 2.05) is 26.2 Å². The molecule has 0 atom stereocenters. The maximum Gasteiger partial charge on any atom is 0.137 e. The van der Waals surface area contributed by atoms with Crippen molar-refractivity contribution in [2.45, 2.75) is 20.8 Å². The minimum Gasteiger partial charge on any atom is -0.383 e. The molecule has 3 heterocycles. The molecule has 0 aromatic carbocycles. The second-order valence-corrected chi connectivity index (χ2v) is 6.46. The standard InChI is InChI=1S/C13H13N5S2/c1-6-11(20-8(3)16-6)10-5-19-13(18-10)9-4-15-7(2)17-12(9)14/h4-5H,1-3H3,(H2,14,15,17). The first-order valence-corrected chi connectivity index (χ1v) is 7.73. The molecule has 5 nitrogen and oxygen atoms in total. The van der Waals surface area contributed by atoms with Gasteiger partial charge in [0.25, 0.3) is 0 Å². The predicted molar refractivity (Wildman–Crippen MR) is 82.9 cm³/mol. The molecular weight excluding hydrogens is 290 g/mol. The monoisotopic (exact) mass is 303 g/mol. The van der Waals surface area contributed by atoms with Crippen molar-refractivity contribution in [2.24, 2.45) is 0 Å². The van der Waals surface area contributed by atoms with Crippen molar-refractivity contribution in [3.05, 3.63) is 28.1 Å². The van der Waals surface area contributed by atoms with Gasteiger partial charge in [-0.15, -0.1) is 22.7 Å². The molecule has 3 aromatic heterocycles. The first-order chi connectivity index (χ1) is 9.54. The lowest BCUT2D eigenvalue weighted by atomic mass is 10.3. The van der Waals surface area contributed by atoms with Crippen LogP contribution < -0.4 is 5.73 Å². The lowest BCUT2D eigenvalue weighted by molar-refractivity contribution is 1.06. The minimum absolute atomic E-state index is 0.468. The minimum atomic E-state index is 0.468. The van der Waals surface area contributed by atoms with Crippen LogP contribution in [0, 0.1) is 20.8 Å². The Bertz CT molecular complexity index is 775. The number of thiazole rings is 2. The fourth-order valence-electron chi connectivity index (χ4n) is 1.92. The van der Waals surface area contributed by atoms with Gasteiger partial charge in [0.05, 0.1) is 26.8 Å². The molecule has 0 aliphatic carbocycles. The third-order valence-corrected chi connectivity index (χ3v) is 4.78. The van der Waals surface area contributed by atoms with Crippen LogP contribution in [0.4, 0.5) is 5.82 Å². The molecule has 20 heavy (non-hydrogen) atoms. The van der Waals surface area contributed by atoms with E-state index in [1.54, 1.807) is 28.9 Å². The van der Waals surface area contributed by atoms with E-state index in [0.29, 0.717) is 11.6 Å². The number of aryl methyl sites for hydroxylation is 3. The fourth-order valence-corrected chi connectivity index (χ4v) is 3.71. The Balaban J connectivity index is 2.04. The molecule has 0 saturated carbocycles. The second kappa shape index (κ2) is 4.92. The zero-order valence-electron chi connectivity index (χ0n) is 11.3. The summed E-state index contributed by atoms with van der Waals surface area (Å²) in [6, 6.07) is 0. The zero-order valence-corrected chi connectivity index (χ0v) is 13.0. The molecular formula is C13H13N5S2. The number of hydrogen-bond acceptors (Lipinski definition) is 7. The third kappa shape index (κ3) is 2.30. The van der Waals surface area contributed by atoms with E-state index >= 15 is 0 Å². The molecule has 0 spiro atoms. The normalized spacial score (nSPS) is 10.9. The van der Waals surface area contributed by atoms with Crippen LogP contribution in [0.15, 0.2) is 11.6 Å². The largest absolute Gasteiger partial charge is 0.383 e. The summed E-state index contributed by atoms with van der Waals surface area (Å²) in [4.78, 5) is 18.5. The van der Waals surface area contributed by atoms with Crippen molar-refractivity contribution in [3.63, 3.8) is 0 Å². The number of hydrogen-bond donors (Lipinski definition) is 1. The van der Waals surface area contributed by atoms with E-state index in [-0.39, 0.29) is 0 Å². The van der Waals surface area contributed by atoms with Gasteiger partial charge in [0, 0.05) is 11.6 Å².